The van der Waals surface area contributed by atoms with Gasteiger partial charge in [0.15, 0.2) is 0 Å². The van der Waals surface area contributed by atoms with E-state index in [0.29, 0.717) is 5.88 Å². The zero-order valence-electron chi connectivity index (χ0n) is 11.6. The molecule has 0 fully saturated rings. The standard InChI is InChI=1S/C18H14BrClO/c1-12-6-7-13(11-20)10-17(12)21-16-9-8-14-4-2-3-5-15(14)18(16)19/h2-10H,11H2,1H3. The number of benzene rings is 3. The van der Waals surface area contributed by atoms with Crippen molar-refractivity contribution >= 4 is 38.3 Å². The molecule has 3 aromatic carbocycles. The zero-order chi connectivity index (χ0) is 14.8. The van der Waals surface area contributed by atoms with Crippen LogP contribution in [0.15, 0.2) is 59.1 Å². The van der Waals surface area contributed by atoms with Crippen LogP contribution in [0.1, 0.15) is 11.1 Å². The van der Waals surface area contributed by atoms with E-state index in [2.05, 4.69) is 34.1 Å². The predicted octanol–water partition coefficient (Wildman–Crippen LogP) is 6.44. The van der Waals surface area contributed by atoms with E-state index in [0.717, 1.165) is 32.5 Å². The number of rotatable bonds is 3. The van der Waals surface area contributed by atoms with Gasteiger partial charge in [-0.05, 0) is 56.9 Å². The maximum atomic E-state index is 6.09. The van der Waals surface area contributed by atoms with Crippen molar-refractivity contribution in [3.63, 3.8) is 0 Å². The molecule has 106 valence electrons. The summed E-state index contributed by atoms with van der Waals surface area (Å²) in [7, 11) is 0. The monoisotopic (exact) mass is 360 g/mol. The van der Waals surface area contributed by atoms with Crippen LogP contribution >= 0.6 is 27.5 Å². The molecule has 0 atom stereocenters. The first-order valence-electron chi connectivity index (χ1n) is 6.69. The molecule has 0 bridgehead atoms. The van der Waals surface area contributed by atoms with Crippen molar-refractivity contribution in [1.82, 2.24) is 0 Å². The number of hydrogen-bond acceptors (Lipinski definition) is 1. The SMILES string of the molecule is Cc1ccc(CCl)cc1Oc1ccc2ccccc2c1Br. The summed E-state index contributed by atoms with van der Waals surface area (Å²) in [5.41, 5.74) is 2.14. The first kappa shape index (κ1) is 14.4. The van der Waals surface area contributed by atoms with E-state index in [-0.39, 0.29) is 0 Å². The molecule has 0 aromatic heterocycles. The molecule has 21 heavy (non-hydrogen) atoms. The Morgan fingerprint density at radius 2 is 1.81 bits per heavy atom. The Morgan fingerprint density at radius 3 is 2.62 bits per heavy atom. The summed E-state index contributed by atoms with van der Waals surface area (Å²) in [5, 5.41) is 2.32. The first-order valence-corrected chi connectivity index (χ1v) is 8.02. The molecule has 0 unspecified atom stereocenters. The van der Waals surface area contributed by atoms with Gasteiger partial charge in [0.2, 0.25) is 0 Å². The van der Waals surface area contributed by atoms with Gasteiger partial charge < -0.3 is 4.74 Å². The molecule has 1 nitrogen and oxygen atoms in total. The van der Waals surface area contributed by atoms with Gasteiger partial charge in [-0.2, -0.15) is 0 Å². The summed E-state index contributed by atoms with van der Waals surface area (Å²) < 4.78 is 7.05. The van der Waals surface area contributed by atoms with Crippen LogP contribution in [0.5, 0.6) is 11.5 Å². The van der Waals surface area contributed by atoms with Crippen LogP contribution in [0.25, 0.3) is 10.8 Å². The summed E-state index contributed by atoms with van der Waals surface area (Å²) in [5.74, 6) is 2.13. The minimum absolute atomic E-state index is 0.482. The van der Waals surface area contributed by atoms with Crippen LogP contribution in [0.4, 0.5) is 0 Å². The number of hydrogen-bond donors (Lipinski definition) is 0. The highest BCUT2D eigenvalue weighted by molar-refractivity contribution is 9.10. The molecule has 3 heteroatoms. The molecule has 3 rings (SSSR count). The molecule has 0 heterocycles. The van der Waals surface area contributed by atoms with E-state index in [9.17, 15) is 0 Å². The molecule has 0 aliphatic carbocycles. The zero-order valence-corrected chi connectivity index (χ0v) is 13.9. The van der Waals surface area contributed by atoms with Crippen LogP contribution in [0.3, 0.4) is 0 Å². The quantitative estimate of drug-likeness (QED) is 0.488. The van der Waals surface area contributed by atoms with Gasteiger partial charge in [0.1, 0.15) is 11.5 Å². The number of fused-ring (bicyclic) bond motifs is 1. The predicted molar refractivity (Wildman–Crippen MR) is 92.5 cm³/mol. The van der Waals surface area contributed by atoms with Gasteiger partial charge >= 0.3 is 0 Å². The number of halogens is 2. The molecule has 0 aliphatic heterocycles. The second-order valence-electron chi connectivity index (χ2n) is 4.93. The highest BCUT2D eigenvalue weighted by atomic mass is 79.9. The third-order valence-corrected chi connectivity index (χ3v) is 4.58. The van der Waals surface area contributed by atoms with Crippen LogP contribution in [-0.2, 0) is 5.88 Å². The lowest BCUT2D eigenvalue weighted by Gasteiger charge is -2.13. The Kier molecular flexibility index (Phi) is 4.18. The largest absolute Gasteiger partial charge is 0.456 e. The van der Waals surface area contributed by atoms with E-state index in [1.807, 2.05) is 43.3 Å². The second kappa shape index (κ2) is 6.08. The lowest BCUT2D eigenvalue weighted by atomic mass is 10.1. The highest BCUT2D eigenvalue weighted by Crippen LogP contribution is 2.36. The lowest BCUT2D eigenvalue weighted by molar-refractivity contribution is 0.476. The molecule has 0 saturated heterocycles. The van der Waals surface area contributed by atoms with E-state index >= 15 is 0 Å². The molecule has 0 N–H and O–H groups in total. The molecular formula is C18H14BrClO. The van der Waals surface area contributed by atoms with Crippen LogP contribution in [-0.4, -0.2) is 0 Å². The summed E-state index contributed by atoms with van der Waals surface area (Å²) in [4.78, 5) is 0. The molecule has 0 saturated carbocycles. The minimum atomic E-state index is 0.482. The maximum Gasteiger partial charge on any atom is 0.142 e. The van der Waals surface area contributed by atoms with Crippen LogP contribution in [0, 0.1) is 6.92 Å². The summed E-state index contributed by atoms with van der Waals surface area (Å²) in [6.07, 6.45) is 0. The fourth-order valence-electron chi connectivity index (χ4n) is 2.25. The van der Waals surface area contributed by atoms with Crippen molar-refractivity contribution < 1.29 is 4.74 Å². The average molecular weight is 362 g/mol. The smallest absolute Gasteiger partial charge is 0.142 e. The third-order valence-electron chi connectivity index (χ3n) is 3.45. The summed E-state index contributed by atoms with van der Waals surface area (Å²) >= 11 is 9.55. The Bertz CT molecular complexity index is 798. The molecule has 0 aliphatic rings. The van der Waals surface area contributed by atoms with Crippen LogP contribution in [0.2, 0.25) is 0 Å². The van der Waals surface area contributed by atoms with E-state index in [1.54, 1.807) is 0 Å². The maximum absolute atomic E-state index is 6.09. The topological polar surface area (TPSA) is 9.23 Å². The number of ether oxygens (including phenoxy) is 1. The van der Waals surface area contributed by atoms with Gasteiger partial charge in [-0.25, -0.2) is 0 Å². The highest BCUT2D eigenvalue weighted by Gasteiger charge is 2.09. The molecule has 0 amide bonds. The number of alkyl halides is 1. The molecule has 0 radical (unpaired) electrons. The van der Waals surface area contributed by atoms with Crippen molar-refractivity contribution in [2.24, 2.45) is 0 Å². The van der Waals surface area contributed by atoms with Crippen molar-refractivity contribution in [2.45, 2.75) is 12.8 Å². The fraction of sp³-hybridized carbons (Fsp3) is 0.111. The third kappa shape index (κ3) is 2.92. The van der Waals surface area contributed by atoms with E-state index < -0.39 is 0 Å². The Balaban J connectivity index is 2.04. The van der Waals surface area contributed by atoms with Crippen molar-refractivity contribution in [3.05, 3.63) is 70.2 Å². The minimum Gasteiger partial charge on any atom is -0.456 e. The van der Waals surface area contributed by atoms with Gasteiger partial charge in [0.25, 0.3) is 0 Å². The van der Waals surface area contributed by atoms with Gasteiger partial charge in [-0.1, -0.05) is 42.5 Å². The summed E-state index contributed by atoms with van der Waals surface area (Å²) in [6, 6.07) is 18.3. The van der Waals surface area contributed by atoms with Crippen molar-refractivity contribution in [2.75, 3.05) is 0 Å². The number of aryl methyl sites for hydroxylation is 1. The first-order chi connectivity index (χ1) is 10.2. The average Bonchev–Trinajstić information content (AvgIpc) is 2.52. The molecule has 3 aromatic rings. The Morgan fingerprint density at radius 1 is 1.00 bits per heavy atom. The van der Waals surface area contributed by atoms with Crippen molar-refractivity contribution in [3.8, 4) is 11.5 Å². The van der Waals surface area contributed by atoms with E-state index in [4.69, 9.17) is 16.3 Å². The van der Waals surface area contributed by atoms with Gasteiger partial charge in [-0.3, -0.25) is 0 Å². The fourth-order valence-corrected chi connectivity index (χ4v) is 2.99. The Hall–Kier alpha value is -1.51. The van der Waals surface area contributed by atoms with E-state index in [1.165, 1.54) is 5.39 Å². The molecule has 0 spiro atoms. The lowest BCUT2D eigenvalue weighted by Crippen LogP contribution is -1.91. The summed E-state index contributed by atoms with van der Waals surface area (Å²) in [6.45, 7) is 2.03. The Labute approximate surface area is 137 Å². The van der Waals surface area contributed by atoms with Crippen LogP contribution < -0.4 is 4.74 Å². The van der Waals surface area contributed by atoms with Gasteiger partial charge in [-0.15, -0.1) is 11.6 Å². The van der Waals surface area contributed by atoms with Crippen molar-refractivity contribution in [1.29, 1.82) is 0 Å². The normalized spacial score (nSPS) is 10.8. The van der Waals surface area contributed by atoms with Gasteiger partial charge in [0, 0.05) is 5.88 Å². The van der Waals surface area contributed by atoms with Gasteiger partial charge in [0.05, 0.1) is 4.47 Å². The second-order valence-corrected chi connectivity index (χ2v) is 5.99. The molecular weight excluding hydrogens is 348 g/mol.